The molecule has 0 radical (unpaired) electrons. The van der Waals surface area contributed by atoms with Gasteiger partial charge in [-0.3, -0.25) is 13.3 Å². The maximum Gasteiger partial charge on any atom is 0.253 e. The Kier molecular flexibility index (Phi) is 8.25. The molecule has 4 rings (SSSR count). The molecular weight excluding hydrogens is 504 g/mol. The first-order valence-electron chi connectivity index (χ1n) is 10.8. The first-order chi connectivity index (χ1) is 17.0. The van der Waals surface area contributed by atoms with Crippen molar-refractivity contribution < 1.29 is 13.6 Å². The van der Waals surface area contributed by atoms with Crippen molar-refractivity contribution in [3.63, 3.8) is 0 Å². The van der Waals surface area contributed by atoms with Crippen molar-refractivity contribution in [2.45, 2.75) is 25.3 Å². The van der Waals surface area contributed by atoms with Crippen molar-refractivity contribution in [1.82, 2.24) is 14.1 Å². The van der Waals surface area contributed by atoms with Gasteiger partial charge in [-0.15, -0.1) is 11.6 Å². The molecule has 0 aliphatic rings. The van der Waals surface area contributed by atoms with Crippen LogP contribution in [0.3, 0.4) is 0 Å². The number of rotatable bonds is 9. The number of carbonyl (C=O) groups is 1. The minimum Gasteiger partial charge on any atom is -0.755 e. The molecule has 4 aromatic rings. The molecule has 180 valence electrons. The second kappa shape index (κ2) is 11.5. The summed E-state index contributed by atoms with van der Waals surface area (Å²) in [5, 5.41) is 2.95. The highest BCUT2D eigenvalue weighted by Crippen LogP contribution is 2.33. The first kappa shape index (κ1) is 25.0. The zero-order chi connectivity index (χ0) is 24.8. The lowest BCUT2D eigenvalue weighted by atomic mass is 10.1. The van der Waals surface area contributed by atoms with Crippen LogP contribution in [0.1, 0.15) is 45.7 Å². The maximum atomic E-state index is 13.4. The predicted octanol–water partition coefficient (Wildman–Crippen LogP) is 5.29. The lowest BCUT2D eigenvalue weighted by Crippen LogP contribution is -2.30. The van der Waals surface area contributed by atoms with Crippen molar-refractivity contribution in [3.8, 4) is 0 Å². The summed E-state index contributed by atoms with van der Waals surface area (Å²) in [5.74, 6) is -0.0882. The highest BCUT2D eigenvalue weighted by molar-refractivity contribution is 7.81. The SMILES string of the molecule is CC(NC(=O)c1cc(CCl)ccc1N(c1nsnc1Cc1ccccc1)S(=O)[O-])c1ccccc1. The Balaban J connectivity index is 1.72. The number of alkyl halides is 1. The van der Waals surface area contributed by atoms with Gasteiger partial charge in [0.25, 0.3) is 5.91 Å². The molecule has 2 unspecified atom stereocenters. The van der Waals surface area contributed by atoms with E-state index in [0.29, 0.717) is 17.7 Å². The standard InChI is InChI=1S/C25H23ClN4O3S2/c1-17(20-10-6-3-7-11-20)27-25(31)21-14-19(16-26)12-13-23(21)30(35(32)33)24-22(28-34-29-24)15-18-8-4-2-5-9-18/h2-14,17H,15-16H2,1H3,(H,27,31)(H,32,33)/p-1. The van der Waals surface area contributed by atoms with Crippen LogP contribution < -0.4 is 9.62 Å². The third-order valence-electron chi connectivity index (χ3n) is 5.42. The van der Waals surface area contributed by atoms with Crippen LogP contribution >= 0.6 is 23.3 Å². The summed E-state index contributed by atoms with van der Waals surface area (Å²) in [4.78, 5) is 13.4. The quantitative estimate of drug-likeness (QED) is 0.236. The van der Waals surface area contributed by atoms with Gasteiger partial charge in [-0.1, -0.05) is 66.7 Å². The van der Waals surface area contributed by atoms with Crippen molar-refractivity contribution in [2.75, 3.05) is 4.31 Å². The molecule has 0 fully saturated rings. The highest BCUT2D eigenvalue weighted by atomic mass is 35.5. The molecule has 35 heavy (non-hydrogen) atoms. The van der Waals surface area contributed by atoms with Crippen LogP contribution in [0.25, 0.3) is 0 Å². The van der Waals surface area contributed by atoms with Gasteiger partial charge in [0.05, 0.1) is 40.3 Å². The van der Waals surface area contributed by atoms with Crippen LogP contribution in [-0.4, -0.2) is 23.4 Å². The van der Waals surface area contributed by atoms with Gasteiger partial charge in [0.15, 0.2) is 5.82 Å². The van der Waals surface area contributed by atoms with E-state index in [9.17, 15) is 13.6 Å². The summed E-state index contributed by atoms with van der Waals surface area (Å²) in [6.45, 7) is 1.87. The minimum atomic E-state index is -2.76. The van der Waals surface area contributed by atoms with Crippen molar-refractivity contribution in [2.24, 2.45) is 0 Å². The van der Waals surface area contributed by atoms with Crippen LogP contribution in [0, 0.1) is 0 Å². The van der Waals surface area contributed by atoms with Crippen molar-refractivity contribution in [1.29, 1.82) is 0 Å². The molecule has 7 nitrogen and oxygen atoms in total. The molecule has 1 amide bonds. The third-order valence-corrected chi connectivity index (χ3v) is 6.95. The smallest absolute Gasteiger partial charge is 0.253 e. The van der Waals surface area contributed by atoms with Gasteiger partial charge in [0.1, 0.15) is 5.69 Å². The summed E-state index contributed by atoms with van der Waals surface area (Å²) >= 11 is 4.18. The van der Waals surface area contributed by atoms with Gasteiger partial charge in [0.2, 0.25) is 0 Å². The van der Waals surface area contributed by atoms with E-state index in [1.54, 1.807) is 18.2 Å². The largest absolute Gasteiger partial charge is 0.755 e. The number of nitrogens with zero attached hydrogens (tertiary/aromatic N) is 3. The van der Waals surface area contributed by atoms with E-state index >= 15 is 0 Å². The molecule has 10 heteroatoms. The molecular formula is C25H22ClN4O3S2-. The molecule has 0 saturated carbocycles. The maximum absolute atomic E-state index is 13.4. The average molecular weight is 526 g/mol. The molecule has 3 aromatic carbocycles. The first-order valence-corrected chi connectivity index (χ1v) is 13.1. The lowest BCUT2D eigenvalue weighted by Gasteiger charge is -2.27. The van der Waals surface area contributed by atoms with Gasteiger partial charge in [0, 0.05) is 12.3 Å². The Hall–Kier alpha value is -3.11. The normalized spacial score (nSPS) is 12.7. The lowest BCUT2D eigenvalue weighted by molar-refractivity contribution is 0.0940. The topological polar surface area (TPSA) is 98.2 Å². The Bertz CT molecular complexity index is 1320. The number of nitrogens with one attached hydrogen (secondary N) is 1. The predicted molar refractivity (Wildman–Crippen MR) is 139 cm³/mol. The minimum absolute atomic E-state index is 0.163. The van der Waals surface area contributed by atoms with Crippen LogP contribution in [-0.2, 0) is 23.6 Å². The fraction of sp³-hybridized carbons (Fsp3) is 0.160. The zero-order valence-electron chi connectivity index (χ0n) is 18.8. The van der Waals surface area contributed by atoms with Crippen LogP contribution in [0.5, 0.6) is 0 Å². The van der Waals surface area contributed by atoms with E-state index in [1.807, 2.05) is 67.6 Å². The van der Waals surface area contributed by atoms with E-state index in [2.05, 4.69) is 14.1 Å². The van der Waals surface area contributed by atoms with Gasteiger partial charge in [-0.2, -0.15) is 8.75 Å². The summed E-state index contributed by atoms with van der Waals surface area (Å²) in [5.41, 5.74) is 3.42. The van der Waals surface area contributed by atoms with E-state index in [4.69, 9.17) is 11.6 Å². The van der Waals surface area contributed by atoms with E-state index < -0.39 is 17.2 Å². The molecule has 0 aliphatic heterocycles. The van der Waals surface area contributed by atoms with E-state index in [0.717, 1.165) is 27.2 Å². The molecule has 0 spiro atoms. The second-order valence-electron chi connectivity index (χ2n) is 7.80. The molecule has 1 heterocycles. The molecule has 1 aromatic heterocycles. The van der Waals surface area contributed by atoms with Gasteiger partial charge in [-0.25, -0.2) is 0 Å². The Morgan fingerprint density at radius 1 is 1.06 bits per heavy atom. The fourth-order valence-corrected chi connectivity index (χ4v) is 5.02. The fourth-order valence-electron chi connectivity index (χ4n) is 3.65. The van der Waals surface area contributed by atoms with Gasteiger partial charge < -0.3 is 9.87 Å². The highest BCUT2D eigenvalue weighted by Gasteiger charge is 2.25. The van der Waals surface area contributed by atoms with Crippen molar-refractivity contribution in [3.05, 3.63) is 107 Å². The number of hydrogen-bond donors (Lipinski definition) is 1. The monoisotopic (exact) mass is 525 g/mol. The van der Waals surface area contributed by atoms with Crippen LogP contribution in [0.4, 0.5) is 11.5 Å². The molecule has 0 aliphatic carbocycles. The number of hydrogen-bond acceptors (Lipinski definition) is 6. The van der Waals surface area contributed by atoms with Crippen LogP contribution in [0.2, 0.25) is 0 Å². The average Bonchev–Trinajstić information content (AvgIpc) is 3.32. The summed E-state index contributed by atoms with van der Waals surface area (Å²) in [6, 6.07) is 23.7. The van der Waals surface area contributed by atoms with Crippen LogP contribution in [0.15, 0.2) is 78.9 Å². The Morgan fingerprint density at radius 3 is 2.40 bits per heavy atom. The van der Waals surface area contributed by atoms with E-state index in [1.165, 1.54) is 0 Å². The molecule has 1 N–H and O–H groups in total. The summed E-state index contributed by atoms with van der Waals surface area (Å²) in [7, 11) is 0. The number of benzene rings is 3. The number of aromatic nitrogens is 2. The van der Waals surface area contributed by atoms with Crippen molar-refractivity contribution >= 4 is 52.0 Å². The zero-order valence-corrected chi connectivity index (χ0v) is 21.1. The Labute approximate surface area is 215 Å². The molecule has 2 atom stereocenters. The second-order valence-corrected chi connectivity index (χ2v) is 9.39. The van der Waals surface area contributed by atoms with E-state index in [-0.39, 0.29) is 29.0 Å². The van der Waals surface area contributed by atoms with Gasteiger partial charge in [-0.05, 0) is 35.7 Å². The van der Waals surface area contributed by atoms with Gasteiger partial charge >= 0.3 is 0 Å². The molecule has 0 saturated heterocycles. The molecule has 0 bridgehead atoms. The number of amides is 1. The summed E-state index contributed by atoms with van der Waals surface area (Å²) in [6.07, 6.45) is 0.396. The number of anilines is 2. The summed E-state index contributed by atoms with van der Waals surface area (Å²) < 4.78 is 34.6. The number of carbonyl (C=O) groups excluding carboxylic acids is 1. The third kappa shape index (κ3) is 5.94. The Morgan fingerprint density at radius 2 is 1.74 bits per heavy atom. The number of halogens is 1.